The van der Waals surface area contributed by atoms with Crippen molar-refractivity contribution in [3.05, 3.63) is 46.3 Å². The minimum atomic E-state index is -0.486. The van der Waals surface area contributed by atoms with Crippen LogP contribution < -0.4 is 10.1 Å². The Morgan fingerprint density at radius 1 is 1.29 bits per heavy atom. The van der Waals surface area contributed by atoms with Gasteiger partial charge in [0.2, 0.25) is 5.76 Å². The summed E-state index contributed by atoms with van der Waals surface area (Å²) in [5.41, 5.74) is 0.909. The average Bonchev–Trinajstić information content (AvgIpc) is 2.96. The molecule has 0 aliphatic carbocycles. The number of nitrogens with one attached hydrogen (secondary N) is 1. The van der Waals surface area contributed by atoms with E-state index in [9.17, 15) is 4.79 Å². The van der Waals surface area contributed by atoms with Crippen molar-refractivity contribution >= 4 is 27.6 Å². The highest BCUT2D eigenvalue weighted by molar-refractivity contribution is 9.10. The molecule has 0 saturated heterocycles. The van der Waals surface area contributed by atoms with Gasteiger partial charge in [0, 0.05) is 5.69 Å². The van der Waals surface area contributed by atoms with Gasteiger partial charge in [0.1, 0.15) is 11.5 Å². The number of hydrogen-bond donors (Lipinski definition) is 1. The number of carbonyl (C=O) groups excluding carboxylic acids is 1. The van der Waals surface area contributed by atoms with Crippen LogP contribution in [-0.4, -0.2) is 20.2 Å². The van der Waals surface area contributed by atoms with Crippen LogP contribution in [0.15, 0.2) is 39.2 Å². The van der Waals surface area contributed by atoms with E-state index in [-0.39, 0.29) is 11.8 Å². The summed E-state index contributed by atoms with van der Waals surface area (Å²) < 4.78 is 16.1. The molecule has 0 aliphatic heterocycles. The Morgan fingerprint density at radius 3 is 2.67 bits per heavy atom. The Bertz CT molecular complexity index is 638. The molecule has 5 nitrogen and oxygen atoms in total. The molecule has 1 aromatic heterocycles. The second kappa shape index (κ2) is 6.67. The average molecular weight is 354 g/mol. The molecule has 1 atom stereocenters. The van der Waals surface area contributed by atoms with E-state index in [1.165, 1.54) is 7.11 Å². The minimum Gasteiger partial charge on any atom is -0.496 e. The summed E-state index contributed by atoms with van der Waals surface area (Å²) in [7, 11) is 2.94. The summed E-state index contributed by atoms with van der Waals surface area (Å²) in [6, 6.07) is 8.94. The Balaban J connectivity index is 2.10. The van der Waals surface area contributed by atoms with E-state index < -0.39 is 5.97 Å². The zero-order valence-electron chi connectivity index (χ0n) is 12.0. The minimum absolute atomic E-state index is 0.0938. The van der Waals surface area contributed by atoms with Gasteiger partial charge < -0.3 is 19.2 Å². The number of esters is 1. The van der Waals surface area contributed by atoms with Crippen molar-refractivity contribution in [2.24, 2.45) is 0 Å². The Labute approximate surface area is 131 Å². The van der Waals surface area contributed by atoms with E-state index in [0.717, 1.165) is 15.9 Å². The van der Waals surface area contributed by atoms with Crippen LogP contribution in [0, 0.1) is 0 Å². The Hall–Kier alpha value is -1.95. The van der Waals surface area contributed by atoms with Gasteiger partial charge in [-0.3, -0.25) is 0 Å². The van der Waals surface area contributed by atoms with Crippen LogP contribution in [0.4, 0.5) is 5.69 Å². The maximum absolute atomic E-state index is 11.4. The molecule has 21 heavy (non-hydrogen) atoms. The second-order valence-corrected chi connectivity index (χ2v) is 5.26. The maximum Gasteiger partial charge on any atom is 0.373 e. The van der Waals surface area contributed by atoms with Crippen LogP contribution in [0.5, 0.6) is 5.75 Å². The normalized spacial score (nSPS) is 11.8. The van der Waals surface area contributed by atoms with Crippen molar-refractivity contribution in [2.45, 2.75) is 13.0 Å². The quantitative estimate of drug-likeness (QED) is 0.822. The van der Waals surface area contributed by atoms with Gasteiger partial charge in [0.15, 0.2) is 0 Å². The van der Waals surface area contributed by atoms with Gasteiger partial charge in [-0.05, 0) is 53.2 Å². The number of rotatable bonds is 5. The standard InChI is InChI=1S/C15H16BrNO4/c1-9(12-6-7-14(21-12)15(18)20-3)17-10-4-5-13(19-2)11(16)8-10/h4-9,17H,1-3H3. The third-order valence-corrected chi connectivity index (χ3v) is 3.59. The summed E-state index contributed by atoms with van der Waals surface area (Å²) in [5.74, 6) is 1.12. The van der Waals surface area contributed by atoms with Gasteiger partial charge in [0.25, 0.3) is 0 Å². The highest BCUT2D eigenvalue weighted by Crippen LogP contribution is 2.29. The molecule has 2 rings (SSSR count). The summed E-state index contributed by atoms with van der Waals surface area (Å²) in [4.78, 5) is 11.4. The van der Waals surface area contributed by atoms with Crippen LogP contribution in [0.2, 0.25) is 0 Å². The van der Waals surface area contributed by atoms with Gasteiger partial charge in [0.05, 0.1) is 24.7 Å². The molecule has 0 radical (unpaired) electrons. The Morgan fingerprint density at radius 2 is 2.05 bits per heavy atom. The zero-order chi connectivity index (χ0) is 15.4. The fraction of sp³-hybridized carbons (Fsp3) is 0.267. The van der Waals surface area contributed by atoms with Crippen molar-refractivity contribution in [3.8, 4) is 5.75 Å². The van der Waals surface area contributed by atoms with Gasteiger partial charge in [-0.1, -0.05) is 0 Å². The van der Waals surface area contributed by atoms with E-state index in [4.69, 9.17) is 9.15 Å². The number of anilines is 1. The van der Waals surface area contributed by atoms with Crippen molar-refractivity contribution in [1.82, 2.24) is 0 Å². The van der Waals surface area contributed by atoms with E-state index in [1.807, 2.05) is 25.1 Å². The lowest BCUT2D eigenvalue weighted by Crippen LogP contribution is -2.06. The molecule has 2 aromatic rings. The molecule has 0 aliphatic rings. The van der Waals surface area contributed by atoms with Gasteiger partial charge in [-0.15, -0.1) is 0 Å². The number of benzene rings is 1. The molecule has 1 heterocycles. The van der Waals surface area contributed by atoms with Crippen LogP contribution in [0.3, 0.4) is 0 Å². The molecule has 1 aromatic carbocycles. The third kappa shape index (κ3) is 3.58. The molecule has 0 saturated carbocycles. The van der Waals surface area contributed by atoms with E-state index >= 15 is 0 Å². The smallest absolute Gasteiger partial charge is 0.373 e. The number of halogens is 1. The molecular formula is C15H16BrNO4. The summed E-state index contributed by atoms with van der Waals surface area (Å²) in [5, 5.41) is 3.29. The largest absolute Gasteiger partial charge is 0.496 e. The summed E-state index contributed by atoms with van der Waals surface area (Å²) in [6.07, 6.45) is 0. The van der Waals surface area contributed by atoms with Crippen LogP contribution in [0.1, 0.15) is 29.3 Å². The lowest BCUT2D eigenvalue weighted by molar-refractivity contribution is 0.0562. The molecule has 1 unspecified atom stereocenters. The molecule has 0 bridgehead atoms. The zero-order valence-corrected chi connectivity index (χ0v) is 13.6. The van der Waals surface area contributed by atoms with Gasteiger partial charge in [-0.2, -0.15) is 0 Å². The SMILES string of the molecule is COC(=O)c1ccc(C(C)Nc2ccc(OC)c(Br)c2)o1. The predicted molar refractivity (Wildman–Crippen MR) is 82.8 cm³/mol. The first-order chi connectivity index (χ1) is 10.0. The van der Waals surface area contributed by atoms with Crippen molar-refractivity contribution in [1.29, 1.82) is 0 Å². The lowest BCUT2D eigenvalue weighted by Gasteiger charge is -2.14. The molecular weight excluding hydrogens is 338 g/mol. The lowest BCUT2D eigenvalue weighted by atomic mass is 10.2. The first-order valence-corrected chi connectivity index (χ1v) is 7.12. The van der Waals surface area contributed by atoms with Crippen molar-refractivity contribution < 1.29 is 18.7 Å². The summed E-state index contributed by atoms with van der Waals surface area (Å²) >= 11 is 3.44. The Kier molecular flexibility index (Phi) is 4.90. The van der Waals surface area contributed by atoms with E-state index in [1.54, 1.807) is 19.2 Å². The van der Waals surface area contributed by atoms with E-state index in [0.29, 0.717) is 5.76 Å². The fourth-order valence-electron chi connectivity index (χ4n) is 1.87. The van der Waals surface area contributed by atoms with Crippen LogP contribution in [-0.2, 0) is 4.74 Å². The fourth-order valence-corrected chi connectivity index (χ4v) is 2.41. The van der Waals surface area contributed by atoms with Crippen LogP contribution in [0.25, 0.3) is 0 Å². The molecule has 112 valence electrons. The monoisotopic (exact) mass is 353 g/mol. The first-order valence-electron chi connectivity index (χ1n) is 6.33. The summed E-state index contributed by atoms with van der Waals surface area (Å²) in [6.45, 7) is 1.94. The third-order valence-electron chi connectivity index (χ3n) is 2.98. The number of ether oxygens (including phenoxy) is 2. The molecule has 0 amide bonds. The molecule has 6 heteroatoms. The van der Waals surface area contributed by atoms with Crippen LogP contribution >= 0.6 is 15.9 Å². The number of hydrogen-bond acceptors (Lipinski definition) is 5. The van der Waals surface area contributed by atoms with Crippen molar-refractivity contribution in [3.63, 3.8) is 0 Å². The number of carbonyl (C=O) groups is 1. The number of furan rings is 1. The van der Waals surface area contributed by atoms with Gasteiger partial charge in [-0.25, -0.2) is 4.79 Å². The molecule has 1 N–H and O–H groups in total. The topological polar surface area (TPSA) is 60.7 Å². The van der Waals surface area contributed by atoms with Gasteiger partial charge >= 0.3 is 5.97 Å². The second-order valence-electron chi connectivity index (χ2n) is 4.41. The van der Waals surface area contributed by atoms with Crippen molar-refractivity contribution in [2.75, 3.05) is 19.5 Å². The predicted octanol–water partition coefficient (Wildman–Crippen LogP) is 4.01. The van der Waals surface area contributed by atoms with E-state index in [2.05, 4.69) is 26.0 Å². The highest BCUT2D eigenvalue weighted by atomic mass is 79.9. The maximum atomic E-state index is 11.4. The molecule has 0 spiro atoms. The highest BCUT2D eigenvalue weighted by Gasteiger charge is 2.15. The first kappa shape index (κ1) is 15.4. The number of methoxy groups -OCH3 is 2. The molecule has 0 fully saturated rings.